The minimum Gasteiger partial charge on any atom is -0.385 e. The summed E-state index contributed by atoms with van der Waals surface area (Å²) in [5, 5.41) is 2.90. The van der Waals surface area contributed by atoms with Crippen LogP contribution in [0.15, 0.2) is 0 Å². The van der Waals surface area contributed by atoms with Gasteiger partial charge in [-0.15, -0.1) is 12.4 Å². The van der Waals surface area contributed by atoms with E-state index in [1.807, 2.05) is 0 Å². The van der Waals surface area contributed by atoms with Crippen LogP contribution in [-0.2, 0) is 9.53 Å². The predicted octanol–water partition coefficient (Wildman–Crippen LogP) is 1.22. The maximum absolute atomic E-state index is 11.7. The minimum absolute atomic E-state index is 0. The third-order valence-corrected chi connectivity index (χ3v) is 3.01. The number of halogens is 1. The van der Waals surface area contributed by atoms with Crippen LogP contribution in [-0.4, -0.2) is 31.7 Å². The van der Waals surface area contributed by atoms with Gasteiger partial charge < -0.3 is 15.8 Å². The topological polar surface area (TPSA) is 64.3 Å². The summed E-state index contributed by atoms with van der Waals surface area (Å²) in [6.45, 7) is 1.46. The molecular formula is C11H23ClN2O2. The molecule has 1 rings (SSSR count). The van der Waals surface area contributed by atoms with Crippen LogP contribution in [0.2, 0.25) is 0 Å². The zero-order chi connectivity index (χ0) is 11.1. The van der Waals surface area contributed by atoms with Gasteiger partial charge in [0, 0.05) is 20.3 Å². The van der Waals surface area contributed by atoms with Gasteiger partial charge in [0.1, 0.15) is 0 Å². The average molecular weight is 251 g/mol. The highest BCUT2D eigenvalue weighted by Gasteiger charge is 2.36. The Labute approximate surface area is 104 Å². The van der Waals surface area contributed by atoms with Gasteiger partial charge in [0.2, 0.25) is 5.91 Å². The number of rotatable bonds is 6. The van der Waals surface area contributed by atoms with E-state index in [4.69, 9.17) is 10.5 Å². The molecule has 3 N–H and O–H groups in total. The molecule has 0 aromatic carbocycles. The highest BCUT2D eigenvalue weighted by atomic mass is 35.5. The van der Waals surface area contributed by atoms with Crippen LogP contribution in [0, 0.1) is 0 Å². The van der Waals surface area contributed by atoms with Gasteiger partial charge in [0.15, 0.2) is 0 Å². The monoisotopic (exact) mass is 250 g/mol. The largest absolute Gasteiger partial charge is 0.385 e. The molecule has 0 aliphatic heterocycles. The zero-order valence-electron chi connectivity index (χ0n) is 9.96. The molecule has 4 nitrogen and oxygen atoms in total. The maximum Gasteiger partial charge on any atom is 0.240 e. The number of amides is 1. The second-order valence-corrected chi connectivity index (χ2v) is 4.32. The summed E-state index contributed by atoms with van der Waals surface area (Å²) in [4.78, 5) is 11.7. The van der Waals surface area contributed by atoms with Gasteiger partial charge in [-0.05, 0) is 25.7 Å². The van der Waals surface area contributed by atoms with Crippen molar-refractivity contribution >= 4 is 18.3 Å². The van der Waals surface area contributed by atoms with Crippen molar-refractivity contribution in [3.63, 3.8) is 0 Å². The molecule has 0 atom stereocenters. The van der Waals surface area contributed by atoms with Gasteiger partial charge in [-0.25, -0.2) is 0 Å². The molecule has 1 amide bonds. The fraction of sp³-hybridized carbons (Fsp3) is 0.909. The summed E-state index contributed by atoms with van der Waals surface area (Å²) in [7, 11) is 1.69. The Morgan fingerprint density at radius 2 is 2.00 bits per heavy atom. The molecule has 0 aromatic heterocycles. The van der Waals surface area contributed by atoms with Crippen molar-refractivity contribution < 1.29 is 9.53 Å². The van der Waals surface area contributed by atoms with E-state index >= 15 is 0 Å². The summed E-state index contributed by atoms with van der Waals surface area (Å²) >= 11 is 0. The number of hydrogen-bond acceptors (Lipinski definition) is 3. The molecule has 0 saturated heterocycles. The van der Waals surface area contributed by atoms with E-state index < -0.39 is 5.54 Å². The number of hydrogen-bond donors (Lipinski definition) is 2. The normalized spacial score (nSPS) is 17.9. The molecule has 1 fully saturated rings. The van der Waals surface area contributed by atoms with Crippen molar-refractivity contribution in [1.29, 1.82) is 0 Å². The van der Waals surface area contributed by atoms with Crippen molar-refractivity contribution in [3.05, 3.63) is 0 Å². The highest BCUT2D eigenvalue weighted by Crippen LogP contribution is 2.27. The zero-order valence-corrected chi connectivity index (χ0v) is 10.8. The Kier molecular flexibility index (Phi) is 7.72. The number of unbranched alkanes of at least 4 members (excludes halogenated alkanes) is 1. The Bertz CT molecular complexity index is 206. The second-order valence-electron chi connectivity index (χ2n) is 4.32. The van der Waals surface area contributed by atoms with E-state index in [1.165, 1.54) is 0 Å². The molecular weight excluding hydrogens is 228 g/mol. The summed E-state index contributed by atoms with van der Waals surface area (Å²) in [5.41, 5.74) is 5.42. The molecule has 0 aromatic rings. The minimum atomic E-state index is -0.582. The van der Waals surface area contributed by atoms with Crippen molar-refractivity contribution in [1.82, 2.24) is 5.32 Å². The van der Waals surface area contributed by atoms with Crippen molar-refractivity contribution in [2.75, 3.05) is 20.3 Å². The molecule has 0 heterocycles. The van der Waals surface area contributed by atoms with E-state index in [9.17, 15) is 4.79 Å². The van der Waals surface area contributed by atoms with Crippen LogP contribution in [0.3, 0.4) is 0 Å². The summed E-state index contributed by atoms with van der Waals surface area (Å²) in [5.74, 6) is 0.0254. The molecule has 5 heteroatoms. The van der Waals surface area contributed by atoms with E-state index in [0.717, 1.165) is 45.1 Å². The number of ether oxygens (including phenoxy) is 1. The molecule has 0 spiro atoms. The Balaban J connectivity index is 0.00000225. The quantitative estimate of drug-likeness (QED) is 0.697. The van der Waals surface area contributed by atoms with Crippen molar-refractivity contribution in [2.24, 2.45) is 5.73 Å². The van der Waals surface area contributed by atoms with Gasteiger partial charge in [-0.3, -0.25) is 4.79 Å². The third-order valence-electron chi connectivity index (χ3n) is 3.01. The van der Waals surface area contributed by atoms with E-state index in [2.05, 4.69) is 5.32 Å². The third kappa shape index (κ3) is 4.68. The number of carbonyl (C=O) groups is 1. The average Bonchev–Trinajstić information content (AvgIpc) is 2.66. The van der Waals surface area contributed by atoms with Gasteiger partial charge in [0.05, 0.1) is 5.54 Å². The van der Waals surface area contributed by atoms with Gasteiger partial charge in [-0.2, -0.15) is 0 Å². The van der Waals surface area contributed by atoms with Crippen LogP contribution >= 0.6 is 12.4 Å². The fourth-order valence-corrected chi connectivity index (χ4v) is 1.98. The summed E-state index contributed by atoms with van der Waals surface area (Å²) in [6, 6.07) is 0. The van der Waals surface area contributed by atoms with E-state index in [-0.39, 0.29) is 18.3 Å². The lowest BCUT2D eigenvalue weighted by molar-refractivity contribution is -0.126. The predicted molar refractivity (Wildman–Crippen MR) is 66.8 cm³/mol. The first kappa shape index (κ1) is 15.7. The van der Waals surface area contributed by atoms with Crippen LogP contribution in [0.25, 0.3) is 0 Å². The Morgan fingerprint density at radius 3 is 2.56 bits per heavy atom. The first-order chi connectivity index (χ1) is 7.19. The van der Waals surface area contributed by atoms with Crippen LogP contribution in [0.5, 0.6) is 0 Å². The maximum atomic E-state index is 11.7. The van der Waals surface area contributed by atoms with Gasteiger partial charge >= 0.3 is 0 Å². The SMILES string of the molecule is COCCCCNC(=O)C1(N)CCCC1.Cl. The molecule has 1 aliphatic rings. The van der Waals surface area contributed by atoms with E-state index in [1.54, 1.807) is 7.11 Å². The number of nitrogens with two attached hydrogens (primary N) is 1. The molecule has 0 bridgehead atoms. The molecule has 1 saturated carbocycles. The Morgan fingerprint density at radius 1 is 1.38 bits per heavy atom. The lowest BCUT2D eigenvalue weighted by Crippen LogP contribution is -2.52. The molecule has 96 valence electrons. The number of methoxy groups -OCH3 is 1. The molecule has 16 heavy (non-hydrogen) atoms. The lowest BCUT2D eigenvalue weighted by Gasteiger charge is -2.22. The van der Waals surface area contributed by atoms with E-state index in [0.29, 0.717) is 6.54 Å². The van der Waals surface area contributed by atoms with Crippen molar-refractivity contribution in [3.8, 4) is 0 Å². The first-order valence-corrected chi connectivity index (χ1v) is 5.75. The van der Waals surface area contributed by atoms with Crippen LogP contribution < -0.4 is 11.1 Å². The van der Waals surface area contributed by atoms with Crippen molar-refractivity contribution in [2.45, 2.75) is 44.1 Å². The first-order valence-electron chi connectivity index (χ1n) is 5.75. The number of nitrogens with one attached hydrogen (secondary N) is 1. The Hall–Kier alpha value is -0.320. The van der Waals surface area contributed by atoms with Crippen LogP contribution in [0.1, 0.15) is 38.5 Å². The smallest absolute Gasteiger partial charge is 0.240 e. The lowest BCUT2D eigenvalue weighted by atomic mass is 9.98. The molecule has 0 unspecified atom stereocenters. The van der Waals surface area contributed by atoms with Gasteiger partial charge in [0.25, 0.3) is 0 Å². The standard InChI is InChI=1S/C11H22N2O2.ClH/c1-15-9-5-4-8-13-10(14)11(12)6-2-3-7-11;/h2-9,12H2,1H3,(H,13,14);1H. The highest BCUT2D eigenvalue weighted by molar-refractivity contribution is 5.86. The number of carbonyl (C=O) groups excluding carboxylic acids is 1. The fourth-order valence-electron chi connectivity index (χ4n) is 1.98. The molecule has 1 aliphatic carbocycles. The van der Waals surface area contributed by atoms with Gasteiger partial charge in [-0.1, -0.05) is 12.8 Å². The summed E-state index contributed by atoms with van der Waals surface area (Å²) < 4.78 is 4.93. The second kappa shape index (κ2) is 7.87. The molecule has 0 radical (unpaired) electrons. The van der Waals surface area contributed by atoms with Crippen LogP contribution in [0.4, 0.5) is 0 Å². The summed E-state index contributed by atoms with van der Waals surface area (Å²) in [6.07, 6.45) is 5.75.